The van der Waals surface area contributed by atoms with Gasteiger partial charge >= 0.3 is 0 Å². The molecule has 2 unspecified atom stereocenters. The fourth-order valence-electron chi connectivity index (χ4n) is 1.66. The van der Waals surface area contributed by atoms with Crippen LogP contribution in [0, 0.1) is 13.8 Å². The van der Waals surface area contributed by atoms with Crippen molar-refractivity contribution in [1.29, 1.82) is 0 Å². The standard InChI is InChI=1S/C13H20O2/c1-5-13(4,15)12(14)11-7-6-9(2)8-10(11)3/h6-8,12,14-15H,5H2,1-4H3. The highest BCUT2D eigenvalue weighted by Crippen LogP contribution is 2.30. The Morgan fingerprint density at radius 3 is 2.40 bits per heavy atom. The van der Waals surface area contributed by atoms with E-state index in [1.165, 1.54) is 5.56 Å². The Bertz CT molecular complexity index is 342. The molecule has 2 heteroatoms. The van der Waals surface area contributed by atoms with E-state index in [0.717, 1.165) is 11.1 Å². The zero-order valence-electron chi connectivity index (χ0n) is 9.91. The number of benzene rings is 1. The highest BCUT2D eigenvalue weighted by molar-refractivity contribution is 5.33. The molecular weight excluding hydrogens is 188 g/mol. The van der Waals surface area contributed by atoms with Gasteiger partial charge < -0.3 is 10.2 Å². The van der Waals surface area contributed by atoms with Crippen LogP contribution in [0.15, 0.2) is 18.2 Å². The van der Waals surface area contributed by atoms with Crippen LogP contribution in [-0.2, 0) is 0 Å². The second-order valence-electron chi connectivity index (χ2n) is 4.47. The van der Waals surface area contributed by atoms with Gasteiger partial charge in [-0.25, -0.2) is 0 Å². The van der Waals surface area contributed by atoms with Crippen LogP contribution in [0.5, 0.6) is 0 Å². The van der Waals surface area contributed by atoms with Gasteiger partial charge in [0.05, 0.1) is 5.60 Å². The van der Waals surface area contributed by atoms with Crippen LogP contribution in [-0.4, -0.2) is 15.8 Å². The smallest absolute Gasteiger partial charge is 0.108 e. The molecule has 0 amide bonds. The summed E-state index contributed by atoms with van der Waals surface area (Å²) < 4.78 is 0. The first-order chi connectivity index (χ1) is 6.88. The van der Waals surface area contributed by atoms with Crippen molar-refractivity contribution in [1.82, 2.24) is 0 Å². The molecule has 1 rings (SSSR count). The van der Waals surface area contributed by atoms with E-state index in [1.807, 2.05) is 39.0 Å². The Morgan fingerprint density at radius 1 is 1.33 bits per heavy atom. The molecule has 0 aliphatic rings. The molecule has 0 saturated carbocycles. The molecule has 0 heterocycles. The van der Waals surface area contributed by atoms with Crippen LogP contribution in [0.25, 0.3) is 0 Å². The molecule has 0 fully saturated rings. The number of rotatable bonds is 3. The van der Waals surface area contributed by atoms with Gasteiger partial charge in [-0.1, -0.05) is 30.7 Å². The van der Waals surface area contributed by atoms with Gasteiger partial charge in [-0.3, -0.25) is 0 Å². The summed E-state index contributed by atoms with van der Waals surface area (Å²) in [5.74, 6) is 0. The van der Waals surface area contributed by atoms with Gasteiger partial charge in [0.2, 0.25) is 0 Å². The molecule has 0 radical (unpaired) electrons. The maximum atomic E-state index is 10.1. The summed E-state index contributed by atoms with van der Waals surface area (Å²) in [6.07, 6.45) is -0.287. The van der Waals surface area contributed by atoms with Crippen LogP contribution in [0.2, 0.25) is 0 Å². The molecule has 2 atom stereocenters. The lowest BCUT2D eigenvalue weighted by Crippen LogP contribution is -2.32. The van der Waals surface area contributed by atoms with E-state index < -0.39 is 11.7 Å². The van der Waals surface area contributed by atoms with Gasteiger partial charge in [0.15, 0.2) is 0 Å². The summed E-state index contributed by atoms with van der Waals surface area (Å²) in [5.41, 5.74) is 1.95. The van der Waals surface area contributed by atoms with Crippen molar-refractivity contribution in [3.05, 3.63) is 34.9 Å². The topological polar surface area (TPSA) is 40.5 Å². The maximum absolute atomic E-state index is 10.1. The zero-order valence-corrected chi connectivity index (χ0v) is 9.91. The molecule has 0 bridgehead atoms. The summed E-state index contributed by atoms with van der Waals surface area (Å²) in [5, 5.41) is 20.1. The number of hydrogen-bond acceptors (Lipinski definition) is 2. The van der Waals surface area contributed by atoms with Crippen LogP contribution in [0.4, 0.5) is 0 Å². The third kappa shape index (κ3) is 2.58. The molecule has 0 aliphatic heterocycles. The normalized spacial score (nSPS) is 17.2. The van der Waals surface area contributed by atoms with Crippen LogP contribution >= 0.6 is 0 Å². The van der Waals surface area contributed by atoms with Gasteiger partial charge in [-0.15, -0.1) is 0 Å². The van der Waals surface area contributed by atoms with E-state index >= 15 is 0 Å². The lowest BCUT2D eigenvalue weighted by molar-refractivity contribution is -0.0661. The van der Waals surface area contributed by atoms with Crippen molar-refractivity contribution in [2.45, 2.75) is 45.8 Å². The van der Waals surface area contributed by atoms with E-state index in [1.54, 1.807) is 6.92 Å². The van der Waals surface area contributed by atoms with Crippen LogP contribution in [0.3, 0.4) is 0 Å². The summed E-state index contributed by atoms with van der Waals surface area (Å²) in [6.45, 7) is 7.50. The van der Waals surface area contributed by atoms with Crippen LogP contribution in [0.1, 0.15) is 43.1 Å². The minimum atomic E-state index is -1.06. The average molecular weight is 208 g/mol. The Balaban J connectivity index is 3.06. The molecule has 0 aliphatic carbocycles. The molecule has 1 aromatic carbocycles. The predicted molar refractivity (Wildman–Crippen MR) is 61.8 cm³/mol. The zero-order chi connectivity index (χ0) is 11.6. The Morgan fingerprint density at radius 2 is 1.93 bits per heavy atom. The second-order valence-corrected chi connectivity index (χ2v) is 4.47. The Kier molecular flexibility index (Phi) is 3.53. The van der Waals surface area contributed by atoms with Crippen molar-refractivity contribution in [3.63, 3.8) is 0 Å². The van der Waals surface area contributed by atoms with Gasteiger partial charge in [0.1, 0.15) is 6.10 Å². The first-order valence-corrected chi connectivity index (χ1v) is 5.36. The van der Waals surface area contributed by atoms with Crippen molar-refractivity contribution in [2.24, 2.45) is 0 Å². The third-order valence-corrected chi connectivity index (χ3v) is 3.02. The Labute approximate surface area is 91.6 Å². The monoisotopic (exact) mass is 208 g/mol. The lowest BCUT2D eigenvalue weighted by Gasteiger charge is -2.29. The number of hydrogen-bond donors (Lipinski definition) is 2. The minimum Gasteiger partial charge on any atom is -0.387 e. The second kappa shape index (κ2) is 4.33. The highest BCUT2D eigenvalue weighted by Gasteiger charge is 2.30. The molecule has 2 N–H and O–H groups in total. The molecular formula is C13H20O2. The number of aryl methyl sites for hydroxylation is 2. The van der Waals surface area contributed by atoms with Gasteiger partial charge in [-0.05, 0) is 38.3 Å². The number of aliphatic hydroxyl groups excluding tert-OH is 1. The fourth-order valence-corrected chi connectivity index (χ4v) is 1.66. The van der Waals surface area contributed by atoms with Crippen molar-refractivity contribution < 1.29 is 10.2 Å². The third-order valence-electron chi connectivity index (χ3n) is 3.02. The minimum absolute atomic E-state index is 0.529. The van der Waals surface area contributed by atoms with E-state index in [4.69, 9.17) is 0 Å². The van der Waals surface area contributed by atoms with Crippen LogP contribution < -0.4 is 0 Å². The molecule has 0 aromatic heterocycles. The van der Waals surface area contributed by atoms with E-state index in [-0.39, 0.29) is 0 Å². The SMILES string of the molecule is CCC(C)(O)C(O)c1ccc(C)cc1C. The predicted octanol–water partition coefficient (Wildman–Crippen LogP) is 2.50. The fraction of sp³-hybridized carbons (Fsp3) is 0.538. The van der Waals surface area contributed by atoms with Gasteiger partial charge in [0.25, 0.3) is 0 Å². The summed E-state index contributed by atoms with van der Waals surface area (Å²) in [4.78, 5) is 0. The van der Waals surface area contributed by atoms with E-state index in [2.05, 4.69) is 0 Å². The van der Waals surface area contributed by atoms with Gasteiger partial charge in [0, 0.05) is 0 Å². The van der Waals surface area contributed by atoms with Gasteiger partial charge in [-0.2, -0.15) is 0 Å². The van der Waals surface area contributed by atoms with Crippen molar-refractivity contribution in [3.8, 4) is 0 Å². The molecule has 0 spiro atoms. The average Bonchev–Trinajstić information content (AvgIpc) is 2.17. The van der Waals surface area contributed by atoms with Crippen molar-refractivity contribution >= 4 is 0 Å². The molecule has 84 valence electrons. The lowest BCUT2D eigenvalue weighted by atomic mass is 9.88. The largest absolute Gasteiger partial charge is 0.387 e. The Hall–Kier alpha value is -0.860. The molecule has 15 heavy (non-hydrogen) atoms. The quantitative estimate of drug-likeness (QED) is 0.801. The molecule has 2 nitrogen and oxygen atoms in total. The number of aliphatic hydroxyl groups is 2. The first-order valence-electron chi connectivity index (χ1n) is 5.36. The van der Waals surface area contributed by atoms with Crippen molar-refractivity contribution in [2.75, 3.05) is 0 Å². The van der Waals surface area contributed by atoms with E-state index in [0.29, 0.717) is 6.42 Å². The molecule has 1 aromatic rings. The van der Waals surface area contributed by atoms with E-state index in [9.17, 15) is 10.2 Å². The first kappa shape index (κ1) is 12.2. The highest BCUT2D eigenvalue weighted by atomic mass is 16.3. The summed E-state index contributed by atoms with van der Waals surface area (Å²) >= 11 is 0. The molecule has 0 saturated heterocycles. The summed E-state index contributed by atoms with van der Waals surface area (Å²) in [6, 6.07) is 5.86. The summed E-state index contributed by atoms with van der Waals surface area (Å²) in [7, 11) is 0. The maximum Gasteiger partial charge on any atom is 0.108 e.